The second-order valence-corrected chi connectivity index (χ2v) is 5.73. The Morgan fingerprint density at radius 1 is 1.06 bits per heavy atom. The van der Waals surface area contributed by atoms with E-state index in [9.17, 15) is 4.79 Å². The number of hydrogen-bond donors (Lipinski definition) is 1. The third-order valence-corrected chi connectivity index (χ3v) is 4.60. The molecule has 2 bridgehead atoms. The Balaban J connectivity index is 1.71. The van der Waals surface area contributed by atoms with Crippen LogP contribution in [0.4, 0.5) is 0 Å². The minimum absolute atomic E-state index is 0.361. The molecule has 3 aliphatic heterocycles. The number of carbonyl (C=O) groups is 1. The van der Waals surface area contributed by atoms with Gasteiger partial charge < -0.3 is 10.2 Å². The number of carbonyl (C=O) groups excluding carboxylic acids is 1. The SMILES string of the molecule is O=C(C1CCCC1)N1CC2CCC1CNC2. The zero-order valence-electron chi connectivity index (χ0n) is 9.95. The fraction of sp³-hybridized carbons (Fsp3) is 0.923. The Morgan fingerprint density at radius 3 is 2.69 bits per heavy atom. The van der Waals surface area contributed by atoms with Crippen molar-refractivity contribution in [3.8, 4) is 0 Å². The molecule has 3 heterocycles. The van der Waals surface area contributed by atoms with Crippen LogP contribution in [0.15, 0.2) is 0 Å². The van der Waals surface area contributed by atoms with Gasteiger partial charge in [-0.1, -0.05) is 12.8 Å². The van der Waals surface area contributed by atoms with Crippen LogP contribution in [0.2, 0.25) is 0 Å². The smallest absolute Gasteiger partial charge is 0.225 e. The molecule has 2 atom stereocenters. The molecular weight excluding hydrogens is 200 g/mol. The Bertz CT molecular complexity index is 269. The molecule has 2 unspecified atom stereocenters. The number of nitrogens with one attached hydrogen (secondary N) is 1. The van der Waals surface area contributed by atoms with Crippen molar-refractivity contribution in [2.75, 3.05) is 19.6 Å². The van der Waals surface area contributed by atoms with E-state index in [1.807, 2.05) is 0 Å². The molecule has 0 aromatic rings. The van der Waals surface area contributed by atoms with Gasteiger partial charge in [0.2, 0.25) is 5.91 Å². The van der Waals surface area contributed by atoms with E-state index in [4.69, 9.17) is 0 Å². The monoisotopic (exact) mass is 222 g/mol. The van der Waals surface area contributed by atoms with Crippen LogP contribution in [0.1, 0.15) is 38.5 Å². The molecule has 3 saturated heterocycles. The van der Waals surface area contributed by atoms with Gasteiger partial charge in [0.15, 0.2) is 0 Å². The molecule has 16 heavy (non-hydrogen) atoms. The minimum atomic E-state index is 0.361. The number of rotatable bonds is 1. The van der Waals surface area contributed by atoms with Crippen LogP contribution < -0.4 is 5.32 Å². The van der Waals surface area contributed by atoms with E-state index < -0.39 is 0 Å². The van der Waals surface area contributed by atoms with Crippen LogP contribution in [0.5, 0.6) is 0 Å². The molecule has 0 spiro atoms. The molecule has 4 fully saturated rings. The number of amides is 1. The summed E-state index contributed by atoms with van der Waals surface area (Å²) in [5.41, 5.74) is 0. The first-order valence-corrected chi connectivity index (χ1v) is 6.86. The molecule has 90 valence electrons. The van der Waals surface area contributed by atoms with E-state index in [1.54, 1.807) is 0 Å². The maximum Gasteiger partial charge on any atom is 0.225 e. The van der Waals surface area contributed by atoms with Crippen LogP contribution in [-0.2, 0) is 4.79 Å². The van der Waals surface area contributed by atoms with Gasteiger partial charge in [-0.05, 0) is 38.1 Å². The summed E-state index contributed by atoms with van der Waals surface area (Å²) in [5, 5.41) is 3.49. The predicted molar refractivity (Wildman–Crippen MR) is 63.1 cm³/mol. The number of nitrogens with zero attached hydrogens (tertiary/aromatic N) is 1. The summed E-state index contributed by atoms with van der Waals surface area (Å²) in [6.45, 7) is 3.16. The highest BCUT2D eigenvalue weighted by Crippen LogP contribution is 2.31. The minimum Gasteiger partial charge on any atom is -0.338 e. The molecular formula is C13H22N2O. The van der Waals surface area contributed by atoms with Crippen LogP contribution in [0.25, 0.3) is 0 Å². The van der Waals surface area contributed by atoms with Crippen LogP contribution >= 0.6 is 0 Å². The average Bonchev–Trinajstić information content (AvgIpc) is 2.66. The summed E-state index contributed by atoms with van der Waals surface area (Å²) in [4.78, 5) is 14.7. The highest BCUT2D eigenvalue weighted by molar-refractivity contribution is 5.79. The molecule has 0 radical (unpaired) electrons. The maximum absolute atomic E-state index is 12.4. The van der Waals surface area contributed by atoms with Crippen molar-refractivity contribution < 1.29 is 4.79 Å². The number of hydrogen-bond acceptors (Lipinski definition) is 2. The average molecular weight is 222 g/mol. The number of fused-ring (bicyclic) bond motifs is 4. The van der Waals surface area contributed by atoms with Gasteiger partial charge in [0, 0.05) is 25.0 Å². The first-order valence-electron chi connectivity index (χ1n) is 6.86. The Morgan fingerprint density at radius 2 is 1.88 bits per heavy atom. The summed E-state index contributed by atoms with van der Waals surface area (Å²) in [7, 11) is 0. The van der Waals surface area contributed by atoms with E-state index in [2.05, 4.69) is 10.2 Å². The standard InChI is InChI=1S/C13H22N2O/c16-13(11-3-1-2-4-11)15-9-10-5-6-12(15)8-14-7-10/h10-12,14H,1-9H2. The van der Waals surface area contributed by atoms with E-state index in [-0.39, 0.29) is 0 Å². The quantitative estimate of drug-likeness (QED) is 0.727. The molecule has 1 amide bonds. The van der Waals surface area contributed by atoms with Crippen molar-refractivity contribution in [3.63, 3.8) is 0 Å². The lowest BCUT2D eigenvalue weighted by Crippen LogP contribution is -2.49. The second kappa shape index (κ2) is 4.36. The molecule has 0 aromatic carbocycles. The first-order chi connectivity index (χ1) is 7.84. The van der Waals surface area contributed by atoms with Gasteiger partial charge in [-0.2, -0.15) is 0 Å². The predicted octanol–water partition coefficient (Wildman–Crippen LogP) is 1.39. The third-order valence-electron chi connectivity index (χ3n) is 4.60. The highest BCUT2D eigenvalue weighted by atomic mass is 16.2. The summed E-state index contributed by atoms with van der Waals surface area (Å²) in [6, 6.07) is 0.492. The summed E-state index contributed by atoms with van der Waals surface area (Å²) < 4.78 is 0. The zero-order chi connectivity index (χ0) is 11.0. The summed E-state index contributed by atoms with van der Waals surface area (Å²) in [5.74, 6) is 1.54. The molecule has 0 aromatic heterocycles. The summed E-state index contributed by atoms with van der Waals surface area (Å²) >= 11 is 0. The van der Waals surface area contributed by atoms with Crippen molar-refractivity contribution in [2.45, 2.75) is 44.6 Å². The maximum atomic E-state index is 12.4. The van der Waals surface area contributed by atoms with Gasteiger partial charge >= 0.3 is 0 Å². The Kier molecular flexibility index (Phi) is 2.88. The third kappa shape index (κ3) is 1.86. The lowest BCUT2D eigenvalue weighted by atomic mass is 9.93. The van der Waals surface area contributed by atoms with Gasteiger partial charge in [0.25, 0.3) is 0 Å². The molecule has 1 aliphatic carbocycles. The largest absolute Gasteiger partial charge is 0.338 e. The van der Waals surface area contributed by atoms with Crippen LogP contribution in [0, 0.1) is 11.8 Å². The number of piperidine rings is 1. The molecule has 4 aliphatic rings. The van der Waals surface area contributed by atoms with Crippen molar-refractivity contribution in [2.24, 2.45) is 11.8 Å². The van der Waals surface area contributed by atoms with E-state index in [1.165, 1.54) is 25.7 Å². The van der Waals surface area contributed by atoms with E-state index in [0.29, 0.717) is 23.8 Å². The second-order valence-electron chi connectivity index (χ2n) is 5.73. The summed E-state index contributed by atoms with van der Waals surface area (Å²) in [6.07, 6.45) is 7.33. The van der Waals surface area contributed by atoms with Gasteiger partial charge in [-0.15, -0.1) is 0 Å². The fourth-order valence-electron chi connectivity index (χ4n) is 3.61. The van der Waals surface area contributed by atoms with Gasteiger partial charge in [0.1, 0.15) is 0 Å². The van der Waals surface area contributed by atoms with E-state index >= 15 is 0 Å². The van der Waals surface area contributed by atoms with Crippen molar-refractivity contribution in [1.29, 1.82) is 0 Å². The molecule has 1 N–H and O–H groups in total. The topological polar surface area (TPSA) is 32.3 Å². The highest BCUT2D eigenvalue weighted by Gasteiger charge is 2.37. The van der Waals surface area contributed by atoms with Gasteiger partial charge in [-0.3, -0.25) is 4.79 Å². The Labute approximate surface area is 97.6 Å². The lowest BCUT2D eigenvalue weighted by molar-refractivity contribution is -0.139. The molecule has 4 rings (SSSR count). The van der Waals surface area contributed by atoms with Gasteiger partial charge in [0.05, 0.1) is 0 Å². The molecule has 1 saturated carbocycles. The molecule has 3 heteroatoms. The van der Waals surface area contributed by atoms with Gasteiger partial charge in [-0.25, -0.2) is 0 Å². The van der Waals surface area contributed by atoms with E-state index in [0.717, 1.165) is 32.5 Å². The zero-order valence-corrected chi connectivity index (χ0v) is 9.95. The van der Waals surface area contributed by atoms with Crippen molar-refractivity contribution in [3.05, 3.63) is 0 Å². The first kappa shape index (κ1) is 10.6. The Hall–Kier alpha value is -0.570. The van der Waals surface area contributed by atoms with Crippen LogP contribution in [0.3, 0.4) is 0 Å². The molecule has 3 nitrogen and oxygen atoms in total. The van der Waals surface area contributed by atoms with Crippen molar-refractivity contribution in [1.82, 2.24) is 10.2 Å². The van der Waals surface area contributed by atoms with Crippen molar-refractivity contribution >= 4 is 5.91 Å². The fourth-order valence-corrected chi connectivity index (χ4v) is 3.61. The normalized spacial score (nSPS) is 35.4. The van der Waals surface area contributed by atoms with Crippen LogP contribution in [-0.4, -0.2) is 36.5 Å². The lowest BCUT2D eigenvalue weighted by Gasteiger charge is -2.37.